The summed E-state index contributed by atoms with van der Waals surface area (Å²) in [5.74, 6) is 4.07. The normalized spacial score (nSPS) is 48.3. The average Bonchev–Trinajstić information content (AvgIpc) is 2.97. The van der Waals surface area contributed by atoms with Crippen LogP contribution in [0.25, 0.3) is 0 Å². The third-order valence-corrected chi connectivity index (χ3v) is 10.4. The van der Waals surface area contributed by atoms with Crippen molar-refractivity contribution in [2.24, 2.45) is 40.4 Å². The summed E-state index contributed by atoms with van der Waals surface area (Å²) in [5.41, 5.74) is 1.37. The van der Waals surface area contributed by atoms with Gasteiger partial charge in [0.05, 0.1) is 11.2 Å². The van der Waals surface area contributed by atoms with E-state index in [4.69, 9.17) is 0 Å². The summed E-state index contributed by atoms with van der Waals surface area (Å²) in [4.78, 5) is 0. The van der Waals surface area contributed by atoms with Gasteiger partial charge in [0.1, 0.15) is 0 Å². The minimum absolute atomic E-state index is 0.330. The highest BCUT2D eigenvalue weighted by molar-refractivity contribution is 5.26. The fourth-order valence-corrected chi connectivity index (χ4v) is 8.56. The molecule has 3 saturated carbocycles. The standard InChI is InChI=1S/C27H46O2/c1-18(11-13-24(2,3)28)21-9-10-22-20-8-7-19-17-25(4,29)15-16-26(19,5)23(20)12-14-27(21,22)6/h7,18,20-23,28-29H,8-17H2,1-6H3/t18-,20+,21-,22+,23+,25+,26+,27-/m1/s1. The molecule has 0 spiro atoms. The Hall–Kier alpha value is -0.340. The van der Waals surface area contributed by atoms with E-state index in [9.17, 15) is 10.2 Å². The molecule has 2 heteroatoms. The third kappa shape index (κ3) is 3.75. The quantitative estimate of drug-likeness (QED) is 0.527. The van der Waals surface area contributed by atoms with Gasteiger partial charge in [-0.05, 0) is 125 Å². The lowest BCUT2D eigenvalue weighted by Crippen LogP contribution is -2.52. The number of aliphatic hydroxyl groups is 2. The molecular formula is C27H46O2. The van der Waals surface area contributed by atoms with Gasteiger partial charge in [0.15, 0.2) is 0 Å². The van der Waals surface area contributed by atoms with Gasteiger partial charge < -0.3 is 10.2 Å². The summed E-state index contributed by atoms with van der Waals surface area (Å²) in [6.45, 7) is 13.6. The molecule has 2 N–H and O–H groups in total. The second-order valence-corrected chi connectivity index (χ2v) is 13.0. The average molecular weight is 403 g/mol. The highest BCUT2D eigenvalue weighted by atomic mass is 16.3. The van der Waals surface area contributed by atoms with Crippen molar-refractivity contribution in [1.82, 2.24) is 0 Å². The van der Waals surface area contributed by atoms with Crippen molar-refractivity contribution >= 4 is 0 Å². The van der Waals surface area contributed by atoms with Crippen LogP contribution in [0, 0.1) is 40.4 Å². The van der Waals surface area contributed by atoms with Crippen LogP contribution in [-0.4, -0.2) is 21.4 Å². The Balaban J connectivity index is 1.53. The fourth-order valence-electron chi connectivity index (χ4n) is 8.56. The van der Waals surface area contributed by atoms with Gasteiger partial charge in [-0.1, -0.05) is 32.4 Å². The maximum Gasteiger partial charge on any atom is 0.0657 e. The Bertz CT molecular complexity index is 656. The molecule has 0 aromatic heterocycles. The molecular weight excluding hydrogens is 356 g/mol. The Morgan fingerprint density at radius 1 is 1.07 bits per heavy atom. The van der Waals surface area contributed by atoms with E-state index in [-0.39, 0.29) is 0 Å². The molecule has 4 rings (SSSR count). The summed E-state index contributed by atoms with van der Waals surface area (Å²) in [6.07, 6.45) is 14.5. The molecule has 3 fully saturated rings. The van der Waals surface area contributed by atoms with Gasteiger partial charge in [0, 0.05) is 0 Å². The zero-order valence-corrected chi connectivity index (χ0v) is 19.9. The molecule has 0 saturated heterocycles. The van der Waals surface area contributed by atoms with Crippen LogP contribution in [0.4, 0.5) is 0 Å². The maximum atomic E-state index is 10.7. The minimum atomic E-state index is -0.536. The van der Waals surface area contributed by atoms with Gasteiger partial charge in [0.2, 0.25) is 0 Å². The summed E-state index contributed by atoms with van der Waals surface area (Å²) < 4.78 is 0. The number of rotatable bonds is 4. The molecule has 166 valence electrons. The molecule has 0 amide bonds. The van der Waals surface area contributed by atoms with E-state index in [0.717, 1.165) is 49.4 Å². The first-order valence-corrected chi connectivity index (χ1v) is 12.5. The molecule has 0 heterocycles. The van der Waals surface area contributed by atoms with Crippen LogP contribution >= 0.6 is 0 Å². The van der Waals surface area contributed by atoms with E-state index in [2.05, 4.69) is 26.8 Å². The predicted octanol–water partition coefficient (Wildman–Crippen LogP) is 6.50. The predicted molar refractivity (Wildman–Crippen MR) is 121 cm³/mol. The first-order valence-electron chi connectivity index (χ1n) is 12.5. The fraction of sp³-hybridized carbons (Fsp3) is 0.926. The summed E-state index contributed by atoms with van der Waals surface area (Å²) in [5, 5.41) is 20.9. The molecule has 0 radical (unpaired) electrons. The van der Waals surface area contributed by atoms with Crippen molar-refractivity contribution in [2.45, 2.75) is 117 Å². The molecule has 0 aromatic carbocycles. The van der Waals surface area contributed by atoms with Gasteiger partial charge in [-0.2, -0.15) is 0 Å². The Labute approximate surface area is 179 Å². The van der Waals surface area contributed by atoms with Gasteiger partial charge >= 0.3 is 0 Å². The van der Waals surface area contributed by atoms with Crippen molar-refractivity contribution in [1.29, 1.82) is 0 Å². The summed E-state index contributed by atoms with van der Waals surface area (Å²) >= 11 is 0. The molecule has 4 aliphatic rings. The zero-order chi connectivity index (χ0) is 21.2. The highest BCUT2D eigenvalue weighted by Gasteiger charge is 2.59. The molecule has 0 unspecified atom stereocenters. The van der Waals surface area contributed by atoms with Crippen LogP contribution in [0.3, 0.4) is 0 Å². The van der Waals surface area contributed by atoms with Crippen LogP contribution in [0.2, 0.25) is 0 Å². The summed E-state index contributed by atoms with van der Waals surface area (Å²) in [7, 11) is 0. The molecule has 4 aliphatic carbocycles. The SMILES string of the molecule is C[C@H](CCC(C)(C)O)[C@H]1CC[C@H]2[C@@H]3CC=C4C[C@@](C)(O)CC[C@]4(C)[C@H]3CC[C@]12C. The largest absolute Gasteiger partial charge is 0.390 e. The second kappa shape index (κ2) is 7.09. The van der Waals surface area contributed by atoms with E-state index < -0.39 is 11.2 Å². The number of hydrogen-bond donors (Lipinski definition) is 2. The molecule has 0 bridgehead atoms. The van der Waals surface area contributed by atoms with Crippen molar-refractivity contribution in [3.63, 3.8) is 0 Å². The van der Waals surface area contributed by atoms with Crippen molar-refractivity contribution < 1.29 is 10.2 Å². The molecule has 29 heavy (non-hydrogen) atoms. The van der Waals surface area contributed by atoms with Crippen molar-refractivity contribution in [2.75, 3.05) is 0 Å². The van der Waals surface area contributed by atoms with Gasteiger partial charge in [-0.25, -0.2) is 0 Å². The Kier molecular flexibility index (Phi) is 5.35. The maximum absolute atomic E-state index is 10.7. The second-order valence-electron chi connectivity index (χ2n) is 13.0. The molecule has 2 nitrogen and oxygen atoms in total. The number of hydrogen-bond acceptors (Lipinski definition) is 2. The van der Waals surface area contributed by atoms with Crippen LogP contribution in [0.5, 0.6) is 0 Å². The van der Waals surface area contributed by atoms with Crippen LogP contribution in [-0.2, 0) is 0 Å². The minimum Gasteiger partial charge on any atom is -0.390 e. The monoisotopic (exact) mass is 402 g/mol. The molecule has 8 atom stereocenters. The smallest absolute Gasteiger partial charge is 0.0657 e. The first-order chi connectivity index (χ1) is 13.4. The topological polar surface area (TPSA) is 40.5 Å². The lowest BCUT2D eigenvalue weighted by Gasteiger charge is -2.59. The number of fused-ring (bicyclic) bond motifs is 5. The van der Waals surface area contributed by atoms with Crippen LogP contribution < -0.4 is 0 Å². The molecule has 0 aromatic rings. The van der Waals surface area contributed by atoms with E-state index in [1.807, 2.05) is 20.8 Å². The highest BCUT2D eigenvalue weighted by Crippen LogP contribution is 2.67. The van der Waals surface area contributed by atoms with E-state index in [1.54, 1.807) is 5.57 Å². The van der Waals surface area contributed by atoms with Crippen LogP contribution in [0.15, 0.2) is 11.6 Å². The zero-order valence-electron chi connectivity index (χ0n) is 19.9. The van der Waals surface area contributed by atoms with Gasteiger partial charge in [0.25, 0.3) is 0 Å². The van der Waals surface area contributed by atoms with Gasteiger partial charge in [-0.15, -0.1) is 0 Å². The lowest BCUT2D eigenvalue weighted by molar-refractivity contribution is -0.0713. The number of allylic oxidation sites excluding steroid dienone is 1. The third-order valence-electron chi connectivity index (χ3n) is 10.4. The Morgan fingerprint density at radius 3 is 2.48 bits per heavy atom. The van der Waals surface area contributed by atoms with Crippen molar-refractivity contribution in [3.8, 4) is 0 Å². The van der Waals surface area contributed by atoms with E-state index in [1.165, 1.54) is 38.5 Å². The van der Waals surface area contributed by atoms with Crippen LogP contribution in [0.1, 0.15) is 106 Å². The lowest BCUT2D eigenvalue weighted by atomic mass is 9.46. The first kappa shape index (κ1) is 21.9. The van der Waals surface area contributed by atoms with Gasteiger partial charge in [-0.3, -0.25) is 0 Å². The molecule has 0 aliphatic heterocycles. The summed E-state index contributed by atoms with van der Waals surface area (Å²) in [6, 6.07) is 0. The Morgan fingerprint density at radius 2 is 1.79 bits per heavy atom. The van der Waals surface area contributed by atoms with Crippen molar-refractivity contribution in [3.05, 3.63) is 11.6 Å². The van der Waals surface area contributed by atoms with E-state index in [0.29, 0.717) is 16.7 Å². The van der Waals surface area contributed by atoms with E-state index >= 15 is 0 Å².